The van der Waals surface area contributed by atoms with E-state index in [2.05, 4.69) is 10.1 Å². The number of rotatable bonds is 5. The Kier molecular flexibility index (Phi) is 6.45. The van der Waals surface area contributed by atoms with Crippen LogP contribution in [-0.4, -0.2) is 37.4 Å². The molecule has 3 nitrogen and oxygen atoms in total. The van der Waals surface area contributed by atoms with Gasteiger partial charge in [-0.25, -0.2) is 0 Å². The first-order valence-electron chi connectivity index (χ1n) is 5.36. The molecule has 0 aromatic carbocycles. The molecular weight excluding hydrogens is 244 g/mol. The molecule has 1 fully saturated rings. The maximum Gasteiger partial charge on any atom is 0.129 e. The van der Waals surface area contributed by atoms with Crippen LogP contribution in [0.15, 0.2) is 22.7 Å². The number of halogens is 1. The van der Waals surface area contributed by atoms with Gasteiger partial charge < -0.3 is 4.84 Å². The molecule has 0 N–H and O–H groups in total. The Morgan fingerprint density at radius 1 is 1.44 bits per heavy atom. The monoisotopic (exact) mass is 260 g/mol. The molecule has 16 heavy (non-hydrogen) atoms. The first-order valence-corrected chi connectivity index (χ1v) is 6.24. The van der Waals surface area contributed by atoms with Gasteiger partial charge in [0, 0.05) is 11.4 Å². The Morgan fingerprint density at radius 2 is 2.25 bits per heavy atom. The summed E-state index contributed by atoms with van der Waals surface area (Å²) in [6.07, 6.45) is 4.44. The van der Waals surface area contributed by atoms with Crippen LogP contribution in [0.25, 0.3) is 0 Å². The molecule has 0 radical (unpaired) electrons. The minimum Gasteiger partial charge on any atom is -0.394 e. The molecular formula is C11H17ClN2OS. The highest BCUT2D eigenvalue weighted by Crippen LogP contribution is 2.06. The van der Waals surface area contributed by atoms with E-state index in [1.807, 2.05) is 17.5 Å². The first kappa shape index (κ1) is 13.5. The second-order valence-corrected chi connectivity index (χ2v) is 4.61. The lowest BCUT2D eigenvalue weighted by Gasteiger charge is -2.12. The average Bonchev–Trinajstić information content (AvgIpc) is 2.88. The van der Waals surface area contributed by atoms with E-state index in [1.165, 1.54) is 25.9 Å². The molecule has 2 heterocycles. The van der Waals surface area contributed by atoms with Crippen LogP contribution in [0, 0.1) is 0 Å². The van der Waals surface area contributed by atoms with Crippen molar-refractivity contribution in [2.75, 3.05) is 26.2 Å². The van der Waals surface area contributed by atoms with E-state index in [0.717, 1.165) is 11.4 Å². The Morgan fingerprint density at radius 3 is 2.94 bits per heavy atom. The topological polar surface area (TPSA) is 24.8 Å². The highest BCUT2D eigenvalue weighted by atomic mass is 35.5. The molecule has 90 valence electrons. The minimum atomic E-state index is 0. The highest BCUT2D eigenvalue weighted by Gasteiger charge is 2.10. The molecule has 0 bridgehead atoms. The number of thiophene rings is 1. The van der Waals surface area contributed by atoms with E-state index in [1.54, 1.807) is 17.6 Å². The molecule has 0 atom stereocenters. The van der Waals surface area contributed by atoms with Crippen molar-refractivity contribution in [3.05, 3.63) is 22.4 Å². The van der Waals surface area contributed by atoms with Gasteiger partial charge in [0.2, 0.25) is 0 Å². The molecule has 1 aliphatic rings. The second-order valence-electron chi connectivity index (χ2n) is 3.63. The van der Waals surface area contributed by atoms with E-state index >= 15 is 0 Å². The normalized spacial score (nSPS) is 16.5. The van der Waals surface area contributed by atoms with Crippen molar-refractivity contribution in [3.8, 4) is 0 Å². The van der Waals surface area contributed by atoms with E-state index in [4.69, 9.17) is 4.84 Å². The van der Waals surface area contributed by atoms with Crippen LogP contribution in [0.3, 0.4) is 0 Å². The Bertz CT molecular complexity index is 297. The van der Waals surface area contributed by atoms with Gasteiger partial charge in [-0.15, -0.1) is 23.7 Å². The van der Waals surface area contributed by atoms with Crippen LogP contribution in [0.5, 0.6) is 0 Å². The van der Waals surface area contributed by atoms with Gasteiger partial charge in [-0.2, -0.15) is 0 Å². The average molecular weight is 261 g/mol. The maximum atomic E-state index is 5.20. The predicted octanol–water partition coefficient (Wildman–Crippen LogP) is 2.62. The Balaban J connectivity index is 0.00000128. The smallest absolute Gasteiger partial charge is 0.129 e. The predicted molar refractivity (Wildman–Crippen MR) is 70.8 cm³/mol. The fourth-order valence-corrected chi connectivity index (χ4v) is 2.26. The number of hydrogen-bond acceptors (Lipinski definition) is 4. The number of hydrogen-bond donors (Lipinski definition) is 0. The Hall–Kier alpha value is -0.580. The van der Waals surface area contributed by atoms with Gasteiger partial charge in [0.15, 0.2) is 0 Å². The first-order chi connectivity index (χ1) is 7.45. The Labute approximate surface area is 106 Å². The van der Waals surface area contributed by atoms with Crippen LogP contribution in [0.4, 0.5) is 0 Å². The lowest BCUT2D eigenvalue weighted by molar-refractivity contribution is 0.120. The molecule has 0 unspecified atom stereocenters. The summed E-state index contributed by atoms with van der Waals surface area (Å²) < 4.78 is 0. The summed E-state index contributed by atoms with van der Waals surface area (Å²) in [4.78, 5) is 8.76. The highest BCUT2D eigenvalue weighted by molar-refractivity contribution is 7.11. The van der Waals surface area contributed by atoms with Crippen LogP contribution < -0.4 is 0 Å². The zero-order valence-corrected chi connectivity index (χ0v) is 10.8. The van der Waals surface area contributed by atoms with Gasteiger partial charge in [0.05, 0.1) is 6.21 Å². The number of oxime groups is 1. The minimum absolute atomic E-state index is 0. The van der Waals surface area contributed by atoms with E-state index < -0.39 is 0 Å². The second kappa shape index (κ2) is 7.65. The van der Waals surface area contributed by atoms with Crippen molar-refractivity contribution in [2.45, 2.75) is 12.8 Å². The van der Waals surface area contributed by atoms with E-state index in [0.29, 0.717) is 6.61 Å². The van der Waals surface area contributed by atoms with Crippen LogP contribution in [0.1, 0.15) is 17.7 Å². The summed E-state index contributed by atoms with van der Waals surface area (Å²) in [7, 11) is 0. The fourth-order valence-electron chi connectivity index (χ4n) is 1.68. The lowest BCUT2D eigenvalue weighted by atomic mass is 10.4. The summed E-state index contributed by atoms with van der Waals surface area (Å²) in [6, 6.07) is 4.04. The van der Waals surface area contributed by atoms with Gasteiger partial charge in [0.1, 0.15) is 6.61 Å². The van der Waals surface area contributed by atoms with Gasteiger partial charge in [-0.3, -0.25) is 4.90 Å². The third-order valence-electron chi connectivity index (χ3n) is 2.50. The largest absolute Gasteiger partial charge is 0.394 e. The molecule has 2 rings (SSSR count). The zero-order chi connectivity index (χ0) is 10.3. The fraction of sp³-hybridized carbons (Fsp3) is 0.545. The lowest BCUT2D eigenvalue weighted by Crippen LogP contribution is -2.23. The quantitative estimate of drug-likeness (QED) is 0.462. The molecule has 1 aromatic rings. The van der Waals surface area contributed by atoms with E-state index in [9.17, 15) is 0 Å². The van der Waals surface area contributed by atoms with Gasteiger partial charge in [0.25, 0.3) is 0 Å². The number of likely N-dealkylation sites (tertiary alicyclic amines) is 1. The third-order valence-corrected chi connectivity index (χ3v) is 3.30. The molecule has 1 saturated heterocycles. The molecule has 5 heteroatoms. The molecule has 0 aliphatic carbocycles. The van der Waals surface area contributed by atoms with Crippen molar-refractivity contribution in [1.82, 2.24) is 4.90 Å². The van der Waals surface area contributed by atoms with Gasteiger partial charge in [-0.05, 0) is 37.4 Å². The third kappa shape index (κ3) is 4.51. The van der Waals surface area contributed by atoms with E-state index in [-0.39, 0.29) is 12.4 Å². The molecule has 1 aromatic heterocycles. The van der Waals surface area contributed by atoms with Crippen molar-refractivity contribution in [2.24, 2.45) is 5.16 Å². The van der Waals surface area contributed by atoms with Crippen molar-refractivity contribution in [1.29, 1.82) is 0 Å². The molecule has 0 spiro atoms. The summed E-state index contributed by atoms with van der Waals surface area (Å²) in [6.45, 7) is 4.14. The number of nitrogens with zero attached hydrogens (tertiary/aromatic N) is 2. The summed E-state index contributed by atoms with van der Waals surface area (Å²) in [5, 5.41) is 5.97. The zero-order valence-electron chi connectivity index (χ0n) is 9.17. The van der Waals surface area contributed by atoms with Crippen molar-refractivity contribution in [3.63, 3.8) is 0 Å². The summed E-state index contributed by atoms with van der Waals surface area (Å²) in [5.41, 5.74) is 0. The maximum absolute atomic E-state index is 5.20. The molecule has 0 amide bonds. The van der Waals surface area contributed by atoms with Crippen LogP contribution >= 0.6 is 23.7 Å². The van der Waals surface area contributed by atoms with Gasteiger partial charge in [-0.1, -0.05) is 11.2 Å². The van der Waals surface area contributed by atoms with Crippen LogP contribution in [-0.2, 0) is 4.84 Å². The van der Waals surface area contributed by atoms with Crippen molar-refractivity contribution >= 4 is 30.0 Å². The van der Waals surface area contributed by atoms with Crippen LogP contribution in [0.2, 0.25) is 0 Å². The molecule has 1 aliphatic heterocycles. The summed E-state index contributed by atoms with van der Waals surface area (Å²) in [5.74, 6) is 0. The molecule has 0 saturated carbocycles. The van der Waals surface area contributed by atoms with Gasteiger partial charge >= 0.3 is 0 Å². The SMILES string of the molecule is C(=NOCCN1CCCC1)c1cccs1.Cl. The summed E-state index contributed by atoms with van der Waals surface area (Å²) >= 11 is 1.67. The van der Waals surface area contributed by atoms with Crippen molar-refractivity contribution < 1.29 is 4.84 Å². The standard InChI is InChI=1S/C11H16N2OS.ClH/c1-2-6-13(5-1)7-8-14-12-10-11-4-3-9-15-11;/h3-4,9-10H,1-2,5-8H2;1H.